The van der Waals surface area contributed by atoms with Crippen LogP contribution in [0.1, 0.15) is 24.0 Å². The van der Waals surface area contributed by atoms with Gasteiger partial charge in [0.2, 0.25) is 0 Å². The third kappa shape index (κ3) is 3.08. The Hall–Kier alpha value is -1.87. The van der Waals surface area contributed by atoms with E-state index in [-0.39, 0.29) is 5.82 Å². The monoisotopic (exact) mass is 285 g/mol. The molecule has 2 aromatic carbocycles. The largest absolute Gasteiger partial charge is 0.493 e. The highest BCUT2D eigenvalue weighted by Crippen LogP contribution is 2.36. The molecule has 2 unspecified atom stereocenters. The number of rotatable bonds is 5. The lowest BCUT2D eigenvalue weighted by Crippen LogP contribution is -2.37. The number of ether oxygens (including phenoxy) is 1. The van der Waals surface area contributed by atoms with E-state index >= 15 is 0 Å². The van der Waals surface area contributed by atoms with E-state index in [4.69, 9.17) is 4.74 Å². The molecule has 2 aromatic rings. The van der Waals surface area contributed by atoms with Gasteiger partial charge in [0.15, 0.2) is 0 Å². The first-order valence-electron chi connectivity index (χ1n) is 7.47. The Labute approximate surface area is 125 Å². The van der Waals surface area contributed by atoms with Crippen molar-refractivity contribution >= 4 is 0 Å². The molecular formula is C18H20FNO. The summed E-state index contributed by atoms with van der Waals surface area (Å²) in [7, 11) is 0. The summed E-state index contributed by atoms with van der Waals surface area (Å²) in [6.45, 7) is 3.72. The van der Waals surface area contributed by atoms with Crippen molar-refractivity contribution in [2.24, 2.45) is 0 Å². The van der Waals surface area contributed by atoms with Crippen molar-refractivity contribution in [2.45, 2.75) is 25.3 Å². The normalized spacial score (nSPS) is 18.1. The van der Waals surface area contributed by atoms with E-state index in [1.807, 2.05) is 24.3 Å². The molecule has 0 radical (unpaired) electrons. The van der Waals surface area contributed by atoms with Crippen molar-refractivity contribution in [3.8, 4) is 5.75 Å². The highest BCUT2D eigenvalue weighted by Gasteiger charge is 2.30. The molecule has 0 saturated carbocycles. The summed E-state index contributed by atoms with van der Waals surface area (Å²) in [6, 6.07) is 15.3. The van der Waals surface area contributed by atoms with Crippen molar-refractivity contribution in [1.29, 1.82) is 0 Å². The molecule has 3 heteroatoms. The van der Waals surface area contributed by atoms with Crippen LogP contribution in [0.3, 0.4) is 0 Å². The fraction of sp³-hybridized carbons (Fsp3) is 0.333. The standard InChI is InChI=1S/C18H20FNO/c1-2-20-17(11-13-7-9-14(19)10-8-13)16-12-21-18-6-4-3-5-15(16)18/h3-10,16-17,20H,2,11-12H2,1H3. The summed E-state index contributed by atoms with van der Waals surface area (Å²) >= 11 is 0. The maximum Gasteiger partial charge on any atom is 0.123 e. The topological polar surface area (TPSA) is 21.3 Å². The van der Waals surface area contributed by atoms with E-state index in [9.17, 15) is 4.39 Å². The molecule has 21 heavy (non-hydrogen) atoms. The van der Waals surface area contributed by atoms with E-state index in [2.05, 4.69) is 24.4 Å². The van der Waals surface area contributed by atoms with Crippen molar-refractivity contribution in [1.82, 2.24) is 5.32 Å². The first-order valence-corrected chi connectivity index (χ1v) is 7.47. The second-order valence-electron chi connectivity index (χ2n) is 5.45. The highest BCUT2D eigenvalue weighted by atomic mass is 19.1. The summed E-state index contributed by atoms with van der Waals surface area (Å²) in [4.78, 5) is 0. The number of hydrogen-bond acceptors (Lipinski definition) is 2. The average Bonchev–Trinajstić information content (AvgIpc) is 2.93. The number of para-hydroxylation sites is 1. The lowest BCUT2D eigenvalue weighted by molar-refractivity contribution is 0.298. The van der Waals surface area contributed by atoms with Gasteiger partial charge < -0.3 is 10.1 Å². The van der Waals surface area contributed by atoms with Crippen LogP contribution in [0, 0.1) is 5.82 Å². The van der Waals surface area contributed by atoms with Gasteiger partial charge in [-0.15, -0.1) is 0 Å². The van der Waals surface area contributed by atoms with Gasteiger partial charge >= 0.3 is 0 Å². The second-order valence-corrected chi connectivity index (χ2v) is 5.45. The maximum atomic E-state index is 13.0. The van der Waals surface area contributed by atoms with Gasteiger partial charge in [-0.1, -0.05) is 37.3 Å². The molecule has 1 heterocycles. The van der Waals surface area contributed by atoms with Crippen molar-refractivity contribution in [3.63, 3.8) is 0 Å². The van der Waals surface area contributed by atoms with Crippen LogP contribution in [0.15, 0.2) is 48.5 Å². The minimum atomic E-state index is -0.187. The van der Waals surface area contributed by atoms with Gasteiger partial charge in [0, 0.05) is 17.5 Å². The zero-order valence-corrected chi connectivity index (χ0v) is 12.2. The lowest BCUT2D eigenvalue weighted by Gasteiger charge is -2.24. The minimum absolute atomic E-state index is 0.187. The lowest BCUT2D eigenvalue weighted by atomic mass is 9.89. The number of halogens is 1. The second kappa shape index (κ2) is 6.27. The Morgan fingerprint density at radius 2 is 1.95 bits per heavy atom. The molecule has 110 valence electrons. The smallest absolute Gasteiger partial charge is 0.123 e. The number of benzene rings is 2. The van der Waals surface area contributed by atoms with Crippen molar-refractivity contribution < 1.29 is 9.13 Å². The number of nitrogens with one attached hydrogen (secondary N) is 1. The molecule has 0 saturated heterocycles. The molecule has 0 aromatic heterocycles. The summed E-state index contributed by atoms with van der Waals surface area (Å²) in [5, 5.41) is 3.55. The third-order valence-corrected chi connectivity index (χ3v) is 4.06. The molecule has 0 aliphatic carbocycles. The molecule has 1 aliphatic heterocycles. The quantitative estimate of drug-likeness (QED) is 0.907. The molecular weight excluding hydrogens is 265 g/mol. The summed E-state index contributed by atoms with van der Waals surface area (Å²) in [6.07, 6.45) is 0.872. The SMILES string of the molecule is CCNC(Cc1ccc(F)cc1)C1COc2ccccc21. The van der Waals surface area contributed by atoms with Gasteiger partial charge in [-0.3, -0.25) is 0 Å². The summed E-state index contributed by atoms with van der Waals surface area (Å²) in [5.74, 6) is 1.14. The van der Waals surface area contributed by atoms with Crippen LogP contribution in [0.5, 0.6) is 5.75 Å². The number of hydrogen-bond donors (Lipinski definition) is 1. The molecule has 0 bridgehead atoms. The van der Waals surface area contributed by atoms with Crippen LogP contribution < -0.4 is 10.1 Å². The maximum absolute atomic E-state index is 13.0. The predicted molar refractivity (Wildman–Crippen MR) is 82.2 cm³/mol. The molecule has 0 fully saturated rings. The Bertz CT molecular complexity index is 596. The van der Waals surface area contributed by atoms with Crippen LogP contribution >= 0.6 is 0 Å². The predicted octanol–water partition coefficient (Wildman–Crippen LogP) is 3.52. The van der Waals surface area contributed by atoms with E-state index in [1.165, 1.54) is 17.7 Å². The number of fused-ring (bicyclic) bond motifs is 1. The van der Waals surface area contributed by atoms with Gasteiger partial charge in [0.25, 0.3) is 0 Å². The van der Waals surface area contributed by atoms with Crippen LogP contribution in [-0.4, -0.2) is 19.2 Å². The molecule has 2 atom stereocenters. The summed E-state index contributed by atoms with van der Waals surface area (Å²) in [5.41, 5.74) is 2.41. The van der Waals surface area contributed by atoms with Gasteiger partial charge in [0.1, 0.15) is 11.6 Å². The number of likely N-dealkylation sites (N-methyl/N-ethyl adjacent to an activating group) is 1. The molecule has 3 rings (SSSR count). The molecule has 1 aliphatic rings. The van der Waals surface area contributed by atoms with Crippen molar-refractivity contribution in [3.05, 3.63) is 65.5 Å². The average molecular weight is 285 g/mol. The minimum Gasteiger partial charge on any atom is -0.493 e. The fourth-order valence-electron chi connectivity index (χ4n) is 3.01. The Morgan fingerprint density at radius 1 is 1.19 bits per heavy atom. The van der Waals surface area contributed by atoms with E-state index in [0.29, 0.717) is 18.6 Å². The van der Waals surface area contributed by atoms with E-state index in [1.54, 1.807) is 0 Å². The van der Waals surface area contributed by atoms with E-state index in [0.717, 1.165) is 24.3 Å². The van der Waals surface area contributed by atoms with E-state index < -0.39 is 0 Å². The fourth-order valence-corrected chi connectivity index (χ4v) is 3.01. The van der Waals surface area contributed by atoms with Crippen LogP contribution in [-0.2, 0) is 6.42 Å². The summed E-state index contributed by atoms with van der Waals surface area (Å²) < 4.78 is 18.8. The van der Waals surface area contributed by atoms with Crippen molar-refractivity contribution in [2.75, 3.05) is 13.2 Å². The van der Waals surface area contributed by atoms with Crippen LogP contribution in [0.25, 0.3) is 0 Å². The zero-order valence-electron chi connectivity index (χ0n) is 12.2. The zero-order chi connectivity index (χ0) is 14.7. The van der Waals surface area contributed by atoms with Crippen LogP contribution in [0.4, 0.5) is 4.39 Å². The molecule has 1 N–H and O–H groups in total. The molecule has 0 spiro atoms. The molecule has 0 amide bonds. The van der Waals surface area contributed by atoms with Crippen LogP contribution in [0.2, 0.25) is 0 Å². The van der Waals surface area contributed by atoms with Gasteiger partial charge in [-0.05, 0) is 36.7 Å². The van der Waals surface area contributed by atoms with Gasteiger partial charge in [-0.25, -0.2) is 4.39 Å². The van der Waals surface area contributed by atoms with Gasteiger partial charge in [0.05, 0.1) is 6.61 Å². The first-order chi connectivity index (χ1) is 10.3. The molecule has 2 nitrogen and oxygen atoms in total. The Morgan fingerprint density at radius 3 is 2.71 bits per heavy atom. The van der Waals surface area contributed by atoms with Gasteiger partial charge in [-0.2, -0.15) is 0 Å². The highest BCUT2D eigenvalue weighted by molar-refractivity contribution is 5.41. The first kappa shape index (κ1) is 14.1. The third-order valence-electron chi connectivity index (χ3n) is 4.06. The Kier molecular flexibility index (Phi) is 4.20. The Balaban J connectivity index is 1.80.